The van der Waals surface area contributed by atoms with Crippen LogP contribution in [0.4, 0.5) is 0 Å². The van der Waals surface area contributed by atoms with Crippen molar-refractivity contribution in [2.75, 3.05) is 32.8 Å². The lowest BCUT2D eigenvalue weighted by Crippen LogP contribution is -2.49. The van der Waals surface area contributed by atoms with Crippen molar-refractivity contribution in [1.82, 2.24) is 10.2 Å². The van der Waals surface area contributed by atoms with E-state index in [4.69, 9.17) is 0 Å². The van der Waals surface area contributed by atoms with Crippen LogP contribution in [0.3, 0.4) is 0 Å². The summed E-state index contributed by atoms with van der Waals surface area (Å²) in [4.78, 5) is 2.51. The van der Waals surface area contributed by atoms with Gasteiger partial charge in [-0.25, -0.2) is 0 Å². The fraction of sp³-hybridized carbons (Fsp3) is 0.647. The van der Waals surface area contributed by atoms with Crippen LogP contribution in [0.1, 0.15) is 37.9 Å². The molecule has 0 radical (unpaired) electrons. The highest BCUT2D eigenvalue weighted by Crippen LogP contribution is 2.38. The molecule has 1 aromatic carbocycles. The van der Waals surface area contributed by atoms with Crippen molar-refractivity contribution in [3.63, 3.8) is 0 Å². The van der Waals surface area contributed by atoms with Crippen LogP contribution in [-0.2, 0) is 6.42 Å². The topological polar surface area (TPSA) is 35.5 Å². The fourth-order valence-corrected chi connectivity index (χ4v) is 3.12. The van der Waals surface area contributed by atoms with E-state index in [0.717, 1.165) is 32.6 Å². The summed E-state index contributed by atoms with van der Waals surface area (Å²) < 4.78 is 0. The quantitative estimate of drug-likeness (QED) is 0.877. The first-order valence-electron chi connectivity index (χ1n) is 7.73. The molecule has 21 heavy (non-hydrogen) atoms. The number of benzene rings is 1. The summed E-state index contributed by atoms with van der Waals surface area (Å²) in [6, 6.07) is 9.20. The monoisotopic (exact) mass is 312 g/mol. The first kappa shape index (κ1) is 18.4. The lowest BCUT2D eigenvalue weighted by atomic mass is 9.79. The molecule has 0 amide bonds. The molecule has 0 bridgehead atoms. The molecule has 0 aromatic heterocycles. The summed E-state index contributed by atoms with van der Waals surface area (Å²) in [5, 5.41) is 13.2. The molecule has 0 aliphatic carbocycles. The van der Waals surface area contributed by atoms with E-state index < -0.39 is 0 Å². The number of nitrogens with one attached hydrogen (secondary N) is 1. The minimum Gasteiger partial charge on any atom is -0.396 e. The van der Waals surface area contributed by atoms with E-state index in [1.54, 1.807) is 0 Å². The van der Waals surface area contributed by atoms with Crippen LogP contribution in [0.25, 0.3) is 0 Å². The maximum atomic E-state index is 9.81. The molecule has 0 spiro atoms. The lowest BCUT2D eigenvalue weighted by molar-refractivity contribution is 0.0305. The molecule has 1 aromatic rings. The second kappa shape index (κ2) is 8.14. The summed E-state index contributed by atoms with van der Waals surface area (Å²) in [7, 11) is 0. The maximum Gasteiger partial charge on any atom is 0.0500 e. The first-order valence-corrected chi connectivity index (χ1v) is 7.73. The Morgan fingerprint density at radius 2 is 1.76 bits per heavy atom. The zero-order valence-electron chi connectivity index (χ0n) is 13.4. The largest absolute Gasteiger partial charge is 0.396 e. The Balaban J connectivity index is 0.00000220. The Kier molecular flexibility index (Phi) is 7.14. The standard InChI is InChI=1S/C17H28N2O.ClH/c1-4-14-5-7-15(8-6-14)16(17(2,3)13-20)19-11-9-18-10-12-19;/h5-8,16,18,20H,4,9-13H2,1-3H3;1H/t16-;/m0./s1. The van der Waals surface area contributed by atoms with E-state index >= 15 is 0 Å². The number of hydrogen-bond donors (Lipinski definition) is 2. The van der Waals surface area contributed by atoms with E-state index in [-0.39, 0.29) is 30.5 Å². The second-order valence-corrected chi connectivity index (χ2v) is 6.43. The Morgan fingerprint density at radius 1 is 1.19 bits per heavy atom. The van der Waals surface area contributed by atoms with Crippen molar-refractivity contribution >= 4 is 12.4 Å². The molecular formula is C17H29ClN2O. The summed E-state index contributed by atoms with van der Waals surface area (Å²) in [5.74, 6) is 0. The molecule has 3 nitrogen and oxygen atoms in total. The van der Waals surface area contributed by atoms with Gasteiger partial charge in [0.2, 0.25) is 0 Å². The average Bonchev–Trinajstić information content (AvgIpc) is 2.49. The van der Waals surface area contributed by atoms with E-state index in [1.807, 2.05) is 0 Å². The molecule has 1 fully saturated rings. The summed E-state index contributed by atoms with van der Waals surface area (Å²) in [6.45, 7) is 10.9. The number of aliphatic hydroxyl groups is 1. The van der Waals surface area contributed by atoms with Gasteiger partial charge in [-0.1, -0.05) is 45.0 Å². The van der Waals surface area contributed by atoms with Crippen molar-refractivity contribution in [2.24, 2.45) is 5.41 Å². The molecule has 120 valence electrons. The van der Waals surface area contributed by atoms with Crippen LogP contribution in [0.5, 0.6) is 0 Å². The second-order valence-electron chi connectivity index (χ2n) is 6.43. The van der Waals surface area contributed by atoms with Gasteiger partial charge in [0.1, 0.15) is 0 Å². The van der Waals surface area contributed by atoms with Crippen LogP contribution in [-0.4, -0.2) is 42.8 Å². The first-order chi connectivity index (χ1) is 9.58. The lowest BCUT2D eigenvalue weighted by Gasteiger charge is -2.43. The predicted octanol–water partition coefficient (Wildman–Crippen LogP) is 2.64. The normalized spacial score (nSPS) is 18.1. The third kappa shape index (κ3) is 4.43. The Morgan fingerprint density at radius 3 is 2.24 bits per heavy atom. The van der Waals surface area contributed by atoms with Crippen molar-refractivity contribution in [2.45, 2.75) is 33.2 Å². The number of hydrogen-bond acceptors (Lipinski definition) is 3. The number of piperazine rings is 1. The minimum atomic E-state index is -0.134. The van der Waals surface area contributed by atoms with Gasteiger partial charge in [0.25, 0.3) is 0 Å². The van der Waals surface area contributed by atoms with Gasteiger partial charge in [0.05, 0.1) is 0 Å². The molecule has 1 aliphatic heterocycles. The van der Waals surface area contributed by atoms with Crippen LogP contribution in [0, 0.1) is 5.41 Å². The van der Waals surface area contributed by atoms with E-state index in [2.05, 4.69) is 55.3 Å². The van der Waals surface area contributed by atoms with Crippen LogP contribution in [0.15, 0.2) is 24.3 Å². The number of aliphatic hydroxyl groups excluding tert-OH is 1. The van der Waals surface area contributed by atoms with E-state index in [9.17, 15) is 5.11 Å². The zero-order valence-corrected chi connectivity index (χ0v) is 14.2. The maximum absolute atomic E-state index is 9.81. The molecule has 1 heterocycles. The van der Waals surface area contributed by atoms with Gasteiger partial charge >= 0.3 is 0 Å². The van der Waals surface area contributed by atoms with E-state index in [0.29, 0.717) is 0 Å². The average molecular weight is 313 g/mol. The SMILES string of the molecule is CCc1ccc([C@H](N2CCNCC2)C(C)(C)CO)cc1.Cl. The van der Waals surface area contributed by atoms with Crippen LogP contribution in [0.2, 0.25) is 0 Å². The molecule has 0 saturated carbocycles. The van der Waals surface area contributed by atoms with Gasteiger partial charge in [-0.3, -0.25) is 4.90 Å². The Bertz CT molecular complexity index is 413. The predicted molar refractivity (Wildman–Crippen MR) is 91.1 cm³/mol. The Hall–Kier alpha value is -0.610. The highest BCUT2D eigenvalue weighted by molar-refractivity contribution is 5.85. The van der Waals surface area contributed by atoms with Crippen molar-refractivity contribution in [1.29, 1.82) is 0 Å². The Labute approximate surface area is 135 Å². The molecule has 1 saturated heterocycles. The molecule has 1 aliphatic rings. The van der Waals surface area contributed by atoms with Crippen molar-refractivity contribution in [3.05, 3.63) is 35.4 Å². The summed E-state index contributed by atoms with van der Waals surface area (Å²) >= 11 is 0. The molecule has 2 N–H and O–H groups in total. The van der Waals surface area contributed by atoms with Crippen LogP contribution < -0.4 is 5.32 Å². The van der Waals surface area contributed by atoms with Crippen molar-refractivity contribution in [3.8, 4) is 0 Å². The summed E-state index contributed by atoms with van der Waals surface area (Å²) in [6.07, 6.45) is 1.07. The summed E-state index contributed by atoms with van der Waals surface area (Å²) in [5.41, 5.74) is 2.56. The van der Waals surface area contributed by atoms with Gasteiger partial charge in [-0.05, 0) is 17.5 Å². The van der Waals surface area contributed by atoms with Crippen LogP contribution >= 0.6 is 12.4 Å². The highest BCUT2D eigenvalue weighted by atomic mass is 35.5. The third-order valence-corrected chi connectivity index (χ3v) is 4.37. The fourth-order valence-electron chi connectivity index (χ4n) is 3.12. The molecule has 2 rings (SSSR count). The van der Waals surface area contributed by atoms with Gasteiger partial charge in [0.15, 0.2) is 0 Å². The van der Waals surface area contributed by atoms with Gasteiger partial charge < -0.3 is 10.4 Å². The zero-order chi connectivity index (χ0) is 14.6. The number of rotatable bonds is 5. The van der Waals surface area contributed by atoms with Gasteiger partial charge in [-0.2, -0.15) is 0 Å². The number of aryl methyl sites for hydroxylation is 1. The highest BCUT2D eigenvalue weighted by Gasteiger charge is 2.35. The van der Waals surface area contributed by atoms with Gasteiger partial charge in [-0.15, -0.1) is 12.4 Å². The minimum absolute atomic E-state index is 0. The molecule has 1 atom stereocenters. The molecular weight excluding hydrogens is 284 g/mol. The van der Waals surface area contributed by atoms with Crippen molar-refractivity contribution < 1.29 is 5.11 Å². The number of nitrogens with zero attached hydrogens (tertiary/aromatic N) is 1. The number of halogens is 1. The van der Waals surface area contributed by atoms with Gasteiger partial charge in [0, 0.05) is 44.2 Å². The van der Waals surface area contributed by atoms with E-state index in [1.165, 1.54) is 11.1 Å². The smallest absolute Gasteiger partial charge is 0.0500 e. The molecule has 0 unspecified atom stereocenters. The molecule has 4 heteroatoms. The third-order valence-electron chi connectivity index (χ3n) is 4.37.